The highest BCUT2D eigenvalue weighted by molar-refractivity contribution is 5.92. The minimum Gasteiger partial charge on any atom is -0.497 e. The van der Waals surface area contributed by atoms with Gasteiger partial charge in [-0.1, -0.05) is 54.6 Å². The van der Waals surface area contributed by atoms with E-state index in [2.05, 4.69) is 10.3 Å². The minimum atomic E-state index is -1.58. The Kier molecular flexibility index (Phi) is 13.1. The Hall–Kier alpha value is -5.70. The summed E-state index contributed by atoms with van der Waals surface area (Å²) < 4.78 is 30.9. The van der Waals surface area contributed by atoms with E-state index in [-0.39, 0.29) is 49.7 Å². The molecular weight excluding hydrogens is 698 g/mol. The molecule has 3 aromatic carbocycles. The van der Waals surface area contributed by atoms with E-state index in [1.807, 2.05) is 54.6 Å². The number of hydrogen-bond donors (Lipinski definition) is 2. The zero-order valence-electron chi connectivity index (χ0n) is 30.4. The summed E-state index contributed by atoms with van der Waals surface area (Å²) in [7, 11) is 3.13. The number of carbonyl (C=O) groups excluding carboxylic acids is 4. The van der Waals surface area contributed by atoms with Crippen molar-refractivity contribution in [3.8, 4) is 11.5 Å². The number of benzene rings is 3. The molecule has 1 fully saturated rings. The second-order valence-electron chi connectivity index (χ2n) is 12.8. The fourth-order valence-corrected chi connectivity index (χ4v) is 6.17. The van der Waals surface area contributed by atoms with Crippen molar-refractivity contribution in [3.63, 3.8) is 0 Å². The van der Waals surface area contributed by atoms with Gasteiger partial charge in [0.2, 0.25) is 5.91 Å². The average Bonchev–Trinajstić information content (AvgIpc) is 3.47. The van der Waals surface area contributed by atoms with Gasteiger partial charge >= 0.3 is 11.7 Å². The molecule has 14 heteroatoms. The zero-order chi connectivity index (χ0) is 38.8. The van der Waals surface area contributed by atoms with Gasteiger partial charge in [-0.2, -0.15) is 4.98 Å². The van der Waals surface area contributed by atoms with Crippen LogP contribution in [0, 0.1) is 0 Å². The zero-order valence-corrected chi connectivity index (χ0v) is 30.4. The fourth-order valence-electron chi connectivity index (χ4n) is 6.17. The first-order valence-electron chi connectivity index (χ1n) is 17.3. The van der Waals surface area contributed by atoms with E-state index in [1.165, 1.54) is 26.1 Å². The lowest BCUT2D eigenvalue weighted by molar-refractivity contribution is -0.159. The number of carbonyl (C=O) groups is 4. The molecule has 284 valence electrons. The molecule has 54 heavy (non-hydrogen) atoms. The van der Waals surface area contributed by atoms with Crippen molar-refractivity contribution in [1.82, 2.24) is 9.55 Å². The Labute approximate surface area is 312 Å². The van der Waals surface area contributed by atoms with Gasteiger partial charge in [-0.05, 0) is 60.9 Å². The molecule has 1 saturated heterocycles. The summed E-state index contributed by atoms with van der Waals surface area (Å²) >= 11 is 0. The van der Waals surface area contributed by atoms with Crippen LogP contribution in [0.3, 0.4) is 0 Å². The number of aromatic nitrogens is 2. The van der Waals surface area contributed by atoms with E-state index in [1.54, 1.807) is 38.5 Å². The molecule has 0 saturated carbocycles. The topological polar surface area (TPSA) is 182 Å². The van der Waals surface area contributed by atoms with Crippen LogP contribution in [0.4, 0.5) is 5.82 Å². The van der Waals surface area contributed by atoms with Crippen LogP contribution in [-0.2, 0) is 39.0 Å². The summed E-state index contributed by atoms with van der Waals surface area (Å²) in [5, 5.41) is 14.1. The Balaban J connectivity index is 1.52. The molecule has 2 N–H and O–H groups in total. The van der Waals surface area contributed by atoms with Gasteiger partial charge in [0, 0.05) is 25.5 Å². The van der Waals surface area contributed by atoms with Gasteiger partial charge in [-0.25, -0.2) is 4.79 Å². The first-order chi connectivity index (χ1) is 25.9. The third-order valence-corrected chi connectivity index (χ3v) is 8.97. The van der Waals surface area contributed by atoms with Gasteiger partial charge in [-0.3, -0.25) is 14.2 Å². The molecule has 4 aromatic rings. The number of rotatable bonds is 17. The number of amides is 1. The van der Waals surface area contributed by atoms with E-state index in [0.717, 1.165) is 10.1 Å². The van der Waals surface area contributed by atoms with Crippen LogP contribution >= 0.6 is 0 Å². The molecule has 0 aliphatic carbocycles. The highest BCUT2D eigenvalue weighted by Gasteiger charge is 2.49. The number of anilines is 1. The number of nitrogens with one attached hydrogen (secondary N) is 1. The molecule has 1 amide bonds. The minimum absolute atomic E-state index is 0.0312. The molecule has 0 unspecified atom stereocenters. The average molecular weight is 742 g/mol. The monoisotopic (exact) mass is 741 g/mol. The molecule has 2 heterocycles. The fraction of sp³-hybridized carbons (Fsp3) is 0.350. The highest BCUT2D eigenvalue weighted by Crippen LogP contribution is 2.43. The summed E-state index contributed by atoms with van der Waals surface area (Å²) in [6.45, 7) is 2.45. The van der Waals surface area contributed by atoms with Crippen molar-refractivity contribution in [1.29, 1.82) is 0 Å². The van der Waals surface area contributed by atoms with Gasteiger partial charge in [0.1, 0.15) is 46.7 Å². The van der Waals surface area contributed by atoms with Crippen LogP contribution in [0.25, 0.3) is 0 Å². The third kappa shape index (κ3) is 9.26. The number of ketones is 2. The maximum absolute atomic E-state index is 13.3. The number of aliphatic hydroxyl groups excluding tert-OH is 1. The second-order valence-corrected chi connectivity index (χ2v) is 12.8. The molecule has 0 radical (unpaired) electrons. The maximum atomic E-state index is 13.3. The lowest BCUT2D eigenvalue weighted by Gasteiger charge is -2.37. The molecule has 0 spiro atoms. The van der Waals surface area contributed by atoms with Crippen LogP contribution in [-0.4, -0.2) is 77.2 Å². The molecule has 5 rings (SSSR count). The van der Waals surface area contributed by atoms with E-state index in [4.69, 9.17) is 23.7 Å². The maximum Gasteiger partial charge on any atom is 0.351 e. The largest absolute Gasteiger partial charge is 0.497 e. The van der Waals surface area contributed by atoms with Crippen molar-refractivity contribution < 1.29 is 48.0 Å². The van der Waals surface area contributed by atoms with E-state index < -0.39 is 47.7 Å². The number of esters is 1. The SMILES string of the molecule is COc1ccc(C(OC[C@H]2O[C@@H](n3ccc(NC(=O)CCC(C)=O)nc3=O)[C@H](O)[C@@H]2OC(=O)CCC(C)=O)(c2ccccc2)c2ccc(OC)cc2)cc1. The van der Waals surface area contributed by atoms with E-state index in [0.29, 0.717) is 22.6 Å². The molecule has 0 bridgehead atoms. The first kappa shape index (κ1) is 39.5. The van der Waals surface area contributed by atoms with Crippen LogP contribution in [0.5, 0.6) is 11.5 Å². The van der Waals surface area contributed by atoms with Crippen molar-refractivity contribution >= 4 is 29.3 Å². The van der Waals surface area contributed by atoms with E-state index in [9.17, 15) is 29.1 Å². The van der Waals surface area contributed by atoms with Crippen molar-refractivity contribution in [2.24, 2.45) is 0 Å². The molecule has 1 aromatic heterocycles. The number of hydrogen-bond acceptors (Lipinski definition) is 12. The third-order valence-electron chi connectivity index (χ3n) is 8.97. The van der Waals surface area contributed by atoms with Crippen molar-refractivity contribution in [2.45, 2.75) is 69.7 Å². The standard InChI is InChI=1S/C40H43N3O11/c1-25(44)10-20-34(46)41-33-22-23-43(39(49)42-33)38-36(48)37(54-35(47)21-11-26(2)45)32(53-38)24-52-40(27-8-6-5-7-9-27,28-12-16-30(50-3)17-13-28)29-14-18-31(51-4)19-15-29/h5-9,12-19,22-23,32,36-38,48H,10-11,20-21,24H2,1-4H3,(H,41,42,46,49)/t32-,36-,37-,38-/m1/s1. The van der Waals surface area contributed by atoms with Crippen LogP contribution in [0.2, 0.25) is 0 Å². The van der Waals surface area contributed by atoms with Crippen LogP contribution in [0.1, 0.15) is 62.4 Å². The quantitative estimate of drug-likeness (QED) is 0.117. The predicted octanol–water partition coefficient (Wildman–Crippen LogP) is 4.12. The number of methoxy groups -OCH3 is 2. The summed E-state index contributed by atoms with van der Waals surface area (Å²) in [5.74, 6) is -0.446. The summed E-state index contributed by atoms with van der Waals surface area (Å²) in [6.07, 6.45) is -4.52. The Bertz CT molecular complexity index is 1930. The van der Waals surface area contributed by atoms with Gasteiger partial charge in [0.25, 0.3) is 0 Å². The predicted molar refractivity (Wildman–Crippen MR) is 195 cm³/mol. The van der Waals surface area contributed by atoms with Gasteiger partial charge < -0.3 is 43.7 Å². The molecular formula is C40H43N3O11. The lowest BCUT2D eigenvalue weighted by atomic mass is 9.80. The van der Waals surface area contributed by atoms with Gasteiger partial charge in [-0.15, -0.1) is 0 Å². The Morgan fingerprint density at radius 2 is 1.35 bits per heavy atom. The number of nitrogens with zero attached hydrogens (tertiary/aromatic N) is 2. The highest BCUT2D eigenvalue weighted by atomic mass is 16.6. The molecule has 4 atom stereocenters. The Morgan fingerprint density at radius 1 is 0.796 bits per heavy atom. The normalized spacial score (nSPS) is 18.1. The van der Waals surface area contributed by atoms with Gasteiger partial charge in [0.15, 0.2) is 12.3 Å². The molecule has 1 aliphatic heterocycles. The van der Waals surface area contributed by atoms with Crippen LogP contribution in [0.15, 0.2) is 95.9 Å². The van der Waals surface area contributed by atoms with Crippen molar-refractivity contribution in [2.75, 3.05) is 26.1 Å². The smallest absolute Gasteiger partial charge is 0.351 e. The second kappa shape index (κ2) is 17.9. The van der Waals surface area contributed by atoms with Crippen molar-refractivity contribution in [3.05, 3.63) is 118 Å². The Morgan fingerprint density at radius 3 is 1.89 bits per heavy atom. The summed E-state index contributed by atoms with van der Waals surface area (Å²) in [5.41, 5.74) is 0.00141. The summed E-state index contributed by atoms with van der Waals surface area (Å²) in [6, 6.07) is 25.5. The number of Topliss-reactive ketones (excluding diaryl/α,β-unsaturated/α-hetero) is 2. The summed E-state index contributed by atoms with van der Waals surface area (Å²) in [4.78, 5) is 65.3. The number of aliphatic hydroxyl groups is 1. The molecule has 1 aliphatic rings. The lowest BCUT2D eigenvalue weighted by Crippen LogP contribution is -2.42. The first-order valence-corrected chi connectivity index (χ1v) is 17.3. The van der Waals surface area contributed by atoms with Crippen LogP contribution < -0.4 is 20.5 Å². The van der Waals surface area contributed by atoms with Gasteiger partial charge in [0.05, 0.1) is 27.2 Å². The number of ether oxygens (including phenoxy) is 5. The molecule has 14 nitrogen and oxygen atoms in total. The van der Waals surface area contributed by atoms with E-state index >= 15 is 0 Å².